The van der Waals surface area contributed by atoms with Crippen LogP contribution in [0.1, 0.15) is 41.0 Å². The van der Waals surface area contributed by atoms with E-state index in [1.54, 1.807) is 4.90 Å². The fourth-order valence-electron chi connectivity index (χ4n) is 1.63. The maximum absolute atomic E-state index is 12.0. The van der Waals surface area contributed by atoms with Crippen LogP contribution < -0.4 is 5.32 Å². The molecule has 0 aromatic rings. The number of rotatable bonds is 6. The summed E-state index contributed by atoms with van der Waals surface area (Å²) in [6, 6.07) is 0.306. The van der Waals surface area contributed by atoms with Gasteiger partial charge in [0.15, 0.2) is 0 Å². The van der Waals surface area contributed by atoms with Gasteiger partial charge >= 0.3 is 0 Å². The zero-order valence-electron chi connectivity index (χ0n) is 11.9. The molecule has 3 heteroatoms. The number of hydrogen-bond acceptors (Lipinski definition) is 2. The molecule has 0 bridgehead atoms. The molecule has 0 aliphatic rings. The van der Waals surface area contributed by atoms with Gasteiger partial charge < -0.3 is 10.2 Å². The molecule has 16 heavy (non-hydrogen) atoms. The standard InChI is InChI=1S/C13H28N2O/c1-8-10(4)11(5)14-12(9(2)3)13(16)15(6)7/h9-12,14H,8H2,1-7H3. The Balaban J connectivity index is 4.51. The highest BCUT2D eigenvalue weighted by Crippen LogP contribution is 2.11. The first-order valence-corrected chi connectivity index (χ1v) is 6.28. The third-order valence-corrected chi connectivity index (χ3v) is 3.31. The largest absolute Gasteiger partial charge is 0.347 e. The Bertz CT molecular complexity index is 214. The van der Waals surface area contributed by atoms with E-state index in [0.29, 0.717) is 17.9 Å². The van der Waals surface area contributed by atoms with E-state index in [1.165, 1.54) is 0 Å². The van der Waals surface area contributed by atoms with E-state index in [0.717, 1.165) is 6.42 Å². The van der Waals surface area contributed by atoms with Gasteiger partial charge in [-0.15, -0.1) is 0 Å². The van der Waals surface area contributed by atoms with Gasteiger partial charge in [0.05, 0.1) is 6.04 Å². The van der Waals surface area contributed by atoms with Crippen molar-refractivity contribution in [3.8, 4) is 0 Å². The molecular weight excluding hydrogens is 200 g/mol. The highest BCUT2D eigenvalue weighted by molar-refractivity contribution is 5.81. The van der Waals surface area contributed by atoms with E-state index in [-0.39, 0.29) is 11.9 Å². The first-order chi connectivity index (χ1) is 7.31. The molecule has 0 aromatic carbocycles. The predicted molar refractivity (Wildman–Crippen MR) is 69.4 cm³/mol. The first-order valence-electron chi connectivity index (χ1n) is 6.28. The predicted octanol–water partition coefficient (Wildman–Crippen LogP) is 2.12. The van der Waals surface area contributed by atoms with Crippen LogP contribution in [0.5, 0.6) is 0 Å². The number of nitrogens with zero attached hydrogens (tertiary/aromatic N) is 1. The van der Waals surface area contributed by atoms with Gasteiger partial charge in [-0.25, -0.2) is 0 Å². The van der Waals surface area contributed by atoms with Gasteiger partial charge in [-0.2, -0.15) is 0 Å². The van der Waals surface area contributed by atoms with E-state index < -0.39 is 0 Å². The molecule has 0 aliphatic carbocycles. The first kappa shape index (κ1) is 15.4. The molecular formula is C13H28N2O. The molecule has 3 unspecified atom stereocenters. The second-order valence-corrected chi connectivity index (χ2v) is 5.30. The number of hydrogen-bond donors (Lipinski definition) is 1. The van der Waals surface area contributed by atoms with Crippen LogP contribution in [-0.4, -0.2) is 37.0 Å². The zero-order chi connectivity index (χ0) is 12.9. The van der Waals surface area contributed by atoms with Crippen molar-refractivity contribution >= 4 is 5.91 Å². The van der Waals surface area contributed by atoms with Crippen LogP contribution in [0.15, 0.2) is 0 Å². The fourth-order valence-corrected chi connectivity index (χ4v) is 1.63. The maximum atomic E-state index is 12.0. The molecule has 0 saturated carbocycles. The van der Waals surface area contributed by atoms with Gasteiger partial charge in [0.25, 0.3) is 0 Å². The summed E-state index contributed by atoms with van der Waals surface area (Å²) in [4.78, 5) is 13.7. The topological polar surface area (TPSA) is 32.3 Å². The minimum absolute atomic E-state index is 0.0704. The highest BCUT2D eigenvalue weighted by atomic mass is 16.2. The Kier molecular flexibility index (Phi) is 6.65. The summed E-state index contributed by atoms with van der Waals surface area (Å²) < 4.78 is 0. The summed E-state index contributed by atoms with van der Waals surface area (Å²) in [5.74, 6) is 1.09. The van der Waals surface area contributed by atoms with E-state index >= 15 is 0 Å². The Labute approximate surface area is 101 Å². The molecule has 0 spiro atoms. The summed E-state index contributed by atoms with van der Waals surface area (Å²) >= 11 is 0. The van der Waals surface area contributed by atoms with E-state index in [2.05, 4.69) is 39.9 Å². The molecule has 0 heterocycles. The molecule has 0 rings (SSSR count). The molecule has 1 N–H and O–H groups in total. The number of nitrogens with one attached hydrogen (secondary N) is 1. The van der Waals surface area contributed by atoms with Gasteiger partial charge in [0.2, 0.25) is 5.91 Å². The summed E-state index contributed by atoms with van der Waals surface area (Å²) in [6.07, 6.45) is 1.13. The number of carbonyl (C=O) groups excluding carboxylic acids is 1. The van der Waals surface area contributed by atoms with Gasteiger partial charge in [-0.05, 0) is 18.8 Å². The lowest BCUT2D eigenvalue weighted by molar-refractivity contribution is -0.132. The molecule has 0 radical (unpaired) electrons. The van der Waals surface area contributed by atoms with Crippen molar-refractivity contribution in [2.45, 2.75) is 53.1 Å². The second-order valence-electron chi connectivity index (χ2n) is 5.30. The third kappa shape index (κ3) is 4.52. The van der Waals surface area contributed by atoms with Crippen LogP contribution in [0.4, 0.5) is 0 Å². The minimum atomic E-state index is -0.0704. The minimum Gasteiger partial charge on any atom is -0.347 e. The van der Waals surface area contributed by atoms with Crippen LogP contribution >= 0.6 is 0 Å². The maximum Gasteiger partial charge on any atom is 0.239 e. The summed E-state index contributed by atoms with van der Waals surface area (Å²) in [5.41, 5.74) is 0. The summed E-state index contributed by atoms with van der Waals surface area (Å²) in [6.45, 7) is 10.7. The quantitative estimate of drug-likeness (QED) is 0.755. The lowest BCUT2D eigenvalue weighted by Gasteiger charge is -2.30. The van der Waals surface area contributed by atoms with Crippen LogP contribution in [-0.2, 0) is 4.79 Å². The lowest BCUT2D eigenvalue weighted by atomic mass is 9.96. The van der Waals surface area contributed by atoms with Crippen LogP contribution in [0.3, 0.4) is 0 Å². The second kappa shape index (κ2) is 6.89. The van der Waals surface area contributed by atoms with Gasteiger partial charge in [-0.1, -0.05) is 34.1 Å². The number of amides is 1. The van der Waals surface area contributed by atoms with Crippen molar-refractivity contribution in [1.29, 1.82) is 0 Å². The Morgan fingerprint density at radius 2 is 1.69 bits per heavy atom. The molecule has 0 aliphatic heterocycles. The molecule has 0 fully saturated rings. The molecule has 0 aromatic heterocycles. The Morgan fingerprint density at radius 3 is 2.00 bits per heavy atom. The highest BCUT2D eigenvalue weighted by Gasteiger charge is 2.26. The fraction of sp³-hybridized carbons (Fsp3) is 0.923. The van der Waals surface area contributed by atoms with Gasteiger partial charge in [0.1, 0.15) is 0 Å². The van der Waals surface area contributed by atoms with Crippen molar-refractivity contribution in [2.75, 3.05) is 14.1 Å². The zero-order valence-corrected chi connectivity index (χ0v) is 11.9. The molecule has 96 valence electrons. The van der Waals surface area contributed by atoms with E-state index in [4.69, 9.17) is 0 Å². The SMILES string of the molecule is CCC(C)C(C)NC(C(=O)N(C)C)C(C)C. The van der Waals surface area contributed by atoms with Crippen molar-refractivity contribution in [2.24, 2.45) is 11.8 Å². The summed E-state index contributed by atoms with van der Waals surface area (Å²) in [5, 5.41) is 3.46. The average molecular weight is 228 g/mol. The van der Waals surface area contributed by atoms with Crippen molar-refractivity contribution in [3.05, 3.63) is 0 Å². The monoisotopic (exact) mass is 228 g/mol. The molecule has 0 saturated heterocycles. The van der Waals surface area contributed by atoms with E-state index in [1.807, 2.05) is 14.1 Å². The number of likely N-dealkylation sites (N-methyl/N-ethyl adjacent to an activating group) is 1. The normalized spacial score (nSPS) is 17.0. The van der Waals surface area contributed by atoms with Gasteiger partial charge in [-0.3, -0.25) is 4.79 Å². The van der Waals surface area contributed by atoms with Gasteiger partial charge in [0, 0.05) is 20.1 Å². The smallest absolute Gasteiger partial charge is 0.239 e. The van der Waals surface area contributed by atoms with Crippen LogP contribution in [0.2, 0.25) is 0 Å². The van der Waals surface area contributed by atoms with Crippen LogP contribution in [0, 0.1) is 11.8 Å². The average Bonchev–Trinajstić information content (AvgIpc) is 2.22. The van der Waals surface area contributed by atoms with Crippen LogP contribution in [0.25, 0.3) is 0 Å². The Hall–Kier alpha value is -0.570. The summed E-state index contributed by atoms with van der Waals surface area (Å²) in [7, 11) is 3.63. The molecule has 3 atom stereocenters. The van der Waals surface area contributed by atoms with Crippen molar-refractivity contribution in [1.82, 2.24) is 10.2 Å². The van der Waals surface area contributed by atoms with Crippen molar-refractivity contribution in [3.63, 3.8) is 0 Å². The number of carbonyl (C=O) groups is 1. The molecule has 1 amide bonds. The Morgan fingerprint density at radius 1 is 1.19 bits per heavy atom. The van der Waals surface area contributed by atoms with Crippen molar-refractivity contribution < 1.29 is 4.79 Å². The molecule has 3 nitrogen and oxygen atoms in total. The van der Waals surface area contributed by atoms with E-state index in [9.17, 15) is 4.79 Å². The lowest BCUT2D eigenvalue weighted by Crippen LogP contribution is -2.51. The third-order valence-electron chi connectivity index (χ3n) is 3.31.